The van der Waals surface area contributed by atoms with Gasteiger partial charge in [-0.1, -0.05) is 60.2 Å². The highest BCUT2D eigenvalue weighted by atomic mass is 15.4. The zero-order valence-corrected chi connectivity index (χ0v) is 18.0. The molecule has 0 amide bonds. The Kier molecular flexibility index (Phi) is 5.03. The molecule has 8 heteroatoms. The van der Waals surface area contributed by atoms with E-state index in [1.165, 1.54) is 5.56 Å². The molecule has 3 N–H and O–H groups in total. The fourth-order valence-electron chi connectivity index (χ4n) is 3.65. The lowest BCUT2D eigenvalue weighted by Crippen LogP contribution is -2.09. The summed E-state index contributed by atoms with van der Waals surface area (Å²) in [6, 6.07) is 20.4. The van der Waals surface area contributed by atoms with Crippen molar-refractivity contribution in [2.24, 2.45) is 0 Å². The SMILES string of the molecule is CCn1c(-n2ccc(-c3ccc(C)cc3)n2)nc2c(N)nc(NCc3ccccc3)nc21. The molecule has 0 atom stereocenters. The molecule has 0 spiro atoms. The predicted octanol–water partition coefficient (Wildman–Crippen LogP) is 4.20. The molecule has 3 heterocycles. The summed E-state index contributed by atoms with van der Waals surface area (Å²) in [6.07, 6.45) is 1.90. The van der Waals surface area contributed by atoms with E-state index >= 15 is 0 Å². The van der Waals surface area contributed by atoms with E-state index in [4.69, 9.17) is 20.8 Å². The number of hydrogen-bond donors (Lipinski definition) is 2. The molecule has 0 bridgehead atoms. The van der Waals surface area contributed by atoms with E-state index in [0.29, 0.717) is 42.0 Å². The number of aryl methyl sites for hydroxylation is 2. The van der Waals surface area contributed by atoms with Gasteiger partial charge in [0, 0.05) is 24.8 Å². The number of aromatic nitrogens is 6. The molecule has 5 aromatic rings. The summed E-state index contributed by atoms with van der Waals surface area (Å²) < 4.78 is 3.75. The van der Waals surface area contributed by atoms with Crippen LogP contribution in [0.3, 0.4) is 0 Å². The van der Waals surface area contributed by atoms with Crippen LogP contribution in [0.25, 0.3) is 28.4 Å². The molecule has 32 heavy (non-hydrogen) atoms. The molecular formula is C24H24N8. The first-order valence-electron chi connectivity index (χ1n) is 10.6. The Morgan fingerprint density at radius 1 is 0.938 bits per heavy atom. The third-order valence-corrected chi connectivity index (χ3v) is 5.35. The van der Waals surface area contributed by atoms with Crippen molar-refractivity contribution in [1.82, 2.24) is 29.3 Å². The molecule has 3 aromatic heterocycles. The number of fused-ring (bicyclic) bond motifs is 1. The van der Waals surface area contributed by atoms with Crippen LogP contribution in [-0.4, -0.2) is 29.3 Å². The standard InChI is InChI=1S/C24H24N8/c1-3-31-22-20(21(25)28-23(29-22)26-15-17-7-5-4-6-8-17)27-24(31)32-14-13-19(30-32)18-11-9-16(2)10-12-18/h4-14H,3,15H2,1-2H3,(H3,25,26,28,29). The summed E-state index contributed by atoms with van der Waals surface area (Å²) in [5, 5.41) is 8.00. The lowest BCUT2D eigenvalue weighted by atomic mass is 10.1. The summed E-state index contributed by atoms with van der Waals surface area (Å²) in [7, 11) is 0. The van der Waals surface area contributed by atoms with E-state index in [1.54, 1.807) is 4.68 Å². The normalized spacial score (nSPS) is 11.2. The highest BCUT2D eigenvalue weighted by Crippen LogP contribution is 2.24. The number of nitrogen functional groups attached to an aromatic ring is 1. The molecular weight excluding hydrogens is 400 g/mol. The average molecular weight is 425 g/mol. The molecule has 0 saturated carbocycles. The number of benzene rings is 2. The van der Waals surface area contributed by atoms with Gasteiger partial charge in [-0.25, -0.2) is 9.67 Å². The van der Waals surface area contributed by atoms with Crippen LogP contribution in [0.4, 0.5) is 11.8 Å². The van der Waals surface area contributed by atoms with Crippen molar-refractivity contribution in [2.75, 3.05) is 11.1 Å². The first kappa shape index (κ1) is 19.7. The topological polar surface area (TPSA) is 99.5 Å². The minimum absolute atomic E-state index is 0.338. The smallest absolute Gasteiger partial charge is 0.233 e. The van der Waals surface area contributed by atoms with E-state index in [2.05, 4.69) is 41.5 Å². The molecule has 0 unspecified atom stereocenters. The quantitative estimate of drug-likeness (QED) is 0.424. The molecule has 0 saturated heterocycles. The first-order chi connectivity index (χ1) is 15.6. The zero-order chi connectivity index (χ0) is 22.1. The molecule has 0 fully saturated rings. The fraction of sp³-hybridized carbons (Fsp3) is 0.167. The Morgan fingerprint density at radius 2 is 1.72 bits per heavy atom. The van der Waals surface area contributed by atoms with Gasteiger partial charge in [-0.15, -0.1) is 0 Å². The number of nitrogens with one attached hydrogen (secondary N) is 1. The van der Waals surface area contributed by atoms with E-state index in [9.17, 15) is 0 Å². The maximum Gasteiger partial charge on any atom is 0.233 e. The van der Waals surface area contributed by atoms with Crippen molar-refractivity contribution < 1.29 is 0 Å². The molecule has 0 aliphatic rings. The Labute approximate surface area is 185 Å². The van der Waals surface area contributed by atoms with Crippen LogP contribution in [0.5, 0.6) is 0 Å². The van der Waals surface area contributed by atoms with E-state index in [1.807, 2.05) is 54.1 Å². The van der Waals surface area contributed by atoms with Crippen LogP contribution in [0.2, 0.25) is 0 Å². The van der Waals surface area contributed by atoms with Gasteiger partial charge in [-0.2, -0.15) is 15.1 Å². The second-order valence-corrected chi connectivity index (χ2v) is 7.61. The lowest BCUT2D eigenvalue weighted by Gasteiger charge is -2.08. The van der Waals surface area contributed by atoms with Crippen LogP contribution in [0, 0.1) is 6.92 Å². The van der Waals surface area contributed by atoms with Crippen LogP contribution in [-0.2, 0) is 13.1 Å². The Morgan fingerprint density at radius 3 is 2.47 bits per heavy atom. The van der Waals surface area contributed by atoms with Crippen LogP contribution in [0.15, 0.2) is 66.9 Å². The predicted molar refractivity (Wildman–Crippen MR) is 126 cm³/mol. The summed E-state index contributed by atoms with van der Waals surface area (Å²) in [4.78, 5) is 13.8. The van der Waals surface area contributed by atoms with Crippen molar-refractivity contribution in [1.29, 1.82) is 0 Å². The van der Waals surface area contributed by atoms with Gasteiger partial charge >= 0.3 is 0 Å². The Bertz CT molecular complexity index is 1370. The Hall–Kier alpha value is -4.20. The molecule has 0 aliphatic heterocycles. The van der Waals surface area contributed by atoms with Crippen LogP contribution in [0.1, 0.15) is 18.1 Å². The maximum atomic E-state index is 6.25. The molecule has 0 radical (unpaired) electrons. The highest BCUT2D eigenvalue weighted by Gasteiger charge is 2.18. The van der Waals surface area contributed by atoms with Crippen molar-refractivity contribution in [3.8, 4) is 17.2 Å². The van der Waals surface area contributed by atoms with Gasteiger partial charge in [-0.05, 0) is 25.5 Å². The van der Waals surface area contributed by atoms with Crippen molar-refractivity contribution in [3.63, 3.8) is 0 Å². The number of rotatable bonds is 6. The van der Waals surface area contributed by atoms with Crippen LogP contribution >= 0.6 is 0 Å². The number of nitrogens with two attached hydrogens (primary N) is 1. The Balaban J connectivity index is 1.50. The van der Waals surface area contributed by atoms with Gasteiger partial charge in [0.1, 0.15) is 0 Å². The third-order valence-electron chi connectivity index (χ3n) is 5.35. The monoisotopic (exact) mass is 424 g/mol. The van der Waals surface area contributed by atoms with Gasteiger partial charge in [0.25, 0.3) is 0 Å². The van der Waals surface area contributed by atoms with E-state index < -0.39 is 0 Å². The van der Waals surface area contributed by atoms with Gasteiger partial charge in [-0.3, -0.25) is 4.57 Å². The average Bonchev–Trinajstić information content (AvgIpc) is 3.44. The van der Waals surface area contributed by atoms with Gasteiger partial charge in [0.05, 0.1) is 5.69 Å². The second-order valence-electron chi connectivity index (χ2n) is 7.61. The lowest BCUT2D eigenvalue weighted by molar-refractivity contribution is 0.698. The number of nitrogens with zero attached hydrogens (tertiary/aromatic N) is 6. The van der Waals surface area contributed by atoms with Gasteiger partial charge in [0.15, 0.2) is 17.0 Å². The summed E-state index contributed by atoms with van der Waals surface area (Å²) >= 11 is 0. The molecule has 8 nitrogen and oxygen atoms in total. The summed E-state index contributed by atoms with van der Waals surface area (Å²) in [5.41, 5.74) is 11.8. The van der Waals surface area contributed by atoms with Gasteiger partial charge < -0.3 is 11.1 Å². The highest BCUT2D eigenvalue weighted by molar-refractivity contribution is 5.84. The minimum atomic E-state index is 0.338. The summed E-state index contributed by atoms with van der Waals surface area (Å²) in [6.45, 7) is 5.39. The largest absolute Gasteiger partial charge is 0.382 e. The van der Waals surface area contributed by atoms with Crippen LogP contribution < -0.4 is 11.1 Å². The molecule has 5 rings (SSSR count). The summed E-state index contributed by atoms with van der Waals surface area (Å²) in [5.74, 6) is 1.47. The van der Waals surface area contributed by atoms with E-state index in [0.717, 1.165) is 16.8 Å². The number of anilines is 2. The van der Waals surface area contributed by atoms with E-state index in [-0.39, 0.29) is 0 Å². The fourth-order valence-corrected chi connectivity index (χ4v) is 3.65. The minimum Gasteiger partial charge on any atom is -0.382 e. The molecule has 0 aliphatic carbocycles. The first-order valence-corrected chi connectivity index (χ1v) is 10.6. The molecule has 2 aromatic carbocycles. The van der Waals surface area contributed by atoms with Gasteiger partial charge in [0.2, 0.25) is 11.9 Å². The zero-order valence-electron chi connectivity index (χ0n) is 18.0. The number of hydrogen-bond acceptors (Lipinski definition) is 6. The molecule has 160 valence electrons. The maximum absolute atomic E-state index is 6.25. The van der Waals surface area contributed by atoms with Crippen molar-refractivity contribution >= 4 is 22.9 Å². The third kappa shape index (κ3) is 3.66. The number of imidazole rings is 1. The van der Waals surface area contributed by atoms with Crippen molar-refractivity contribution in [3.05, 3.63) is 78.0 Å². The van der Waals surface area contributed by atoms with Crippen molar-refractivity contribution in [2.45, 2.75) is 26.9 Å². The second kappa shape index (κ2) is 8.14.